The molecule has 0 aliphatic rings. The molecular weight excluding hydrogens is 394 g/mol. The van der Waals surface area contributed by atoms with Crippen LogP contribution in [0.3, 0.4) is 0 Å². The summed E-state index contributed by atoms with van der Waals surface area (Å²) in [6, 6.07) is 11.4. The molecule has 1 amide bonds. The second-order valence-corrected chi connectivity index (χ2v) is 8.19. The summed E-state index contributed by atoms with van der Waals surface area (Å²) in [6.45, 7) is 8.18. The predicted molar refractivity (Wildman–Crippen MR) is 122 cm³/mol. The number of aromatic nitrogens is 3. The SMILES string of the molecule is CNc1ccc(C(C)(C)C)cc1NC(=O)c1nnn(-c2cc(OC)ccc2OC)c1C. The lowest BCUT2D eigenvalue weighted by molar-refractivity contribution is 0.102. The van der Waals surface area contributed by atoms with Crippen LogP contribution >= 0.6 is 0 Å². The summed E-state index contributed by atoms with van der Waals surface area (Å²) in [4.78, 5) is 13.1. The van der Waals surface area contributed by atoms with E-state index in [2.05, 4.69) is 47.8 Å². The van der Waals surface area contributed by atoms with Gasteiger partial charge in [0.15, 0.2) is 5.69 Å². The van der Waals surface area contributed by atoms with Crippen molar-refractivity contribution in [3.05, 3.63) is 53.3 Å². The van der Waals surface area contributed by atoms with Gasteiger partial charge in [0, 0.05) is 13.1 Å². The van der Waals surface area contributed by atoms with Gasteiger partial charge in [-0.2, -0.15) is 0 Å². The smallest absolute Gasteiger partial charge is 0.278 e. The first-order valence-corrected chi connectivity index (χ1v) is 9.98. The van der Waals surface area contributed by atoms with Crippen molar-refractivity contribution in [2.75, 3.05) is 31.9 Å². The van der Waals surface area contributed by atoms with E-state index in [0.29, 0.717) is 28.6 Å². The molecule has 1 heterocycles. The average molecular weight is 424 g/mol. The van der Waals surface area contributed by atoms with Crippen LogP contribution in [0.15, 0.2) is 36.4 Å². The zero-order valence-electron chi connectivity index (χ0n) is 19.0. The van der Waals surface area contributed by atoms with Crippen molar-refractivity contribution in [1.29, 1.82) is 0 Å². The number of benzene rings is 2. The normalized spacial score (nSPS) is 11.2. The molecule has 0 bridgehead atoms. The molecule has 8 nitrogen and oxygen atoms in total. The van der Waals surface area contributed by atoms with Crippen molar-refractivity contribution in [1.82, 2.24) is 15.0 Å². The molecule has 0 aliphatic carbocycles. The van der Waals surface area contributed by atoms with Crippen molar-refractivity contribution >= 4 is 17.3 Å². The summed E-state index contributed by atoms with van der Waals surface area (Å²) in [5.41, 5.74) is 4.02. The van der Waals surface area contributed by atoms with Gasteiger partial charge in [0.25, 0.3) is 5.91 Å². The van der Waals surface area contributed by atoms with E-state index >= 15 is 0 Å². The van der Waals surface area contributed by atoms with E-state index in [1.165, 1.54) is 0 Å². The number of methoxy groups -OCH3 is 2. The van der Waals surface area contributed by atoms with Gasteiger partial charge in [0.05, 0.1) is 31.3 Å². The second kappa shape index (κ2) is 8.67. The molecule has 0 unspecified atom stereocenters. The fraction of sp³-hybridized carbons (Fsp3) is 0.348. The fourth-order valence-corrected chi connectivity index (χ4v) is 3.24. The topological polar surface area (TPSA) is 90.3 Å². The Kier molecular flexibility index (Phi) is 6.19. The maximum Gasteiger partial charge on any atom is 0.278 e. The summed E-state index contributed by atoms with van der Waals surface area (Å²) in [7, 11) is 4.98. The number of nitrogens with zero attached hydrogens (tertiary/aromatic N) is 3. The first-order chi connectivity index (χ1) is 14.7. The zero-order valence-corrected chi connectivity index (χ0v) is 19.0. The lowest BCUT2D eigenvalue weighted by Gasteiger charge is -2.21. The van der Waals surface area contributed by atoms with Gasteiger partial charge < -0.3 is 20.1 Å². The lowest BCUT2D eigenvalue weighted by atomic mass is 9.86. The number of rotatable bonds is 6. The van der Waals surface area contributed by atoms with Gasteiger partial charge in [-0.25, -0.2) is 4.68 Å². The summed E-state index contributed by atoms with van der Waals surface area (Å²) in [5, 5.41) is 14.4. The highest BCUT2D eigenvalue weighted by Crippen LogP contribution is 2.31. The highest BCUT2D eigenvalue weighted by molar-refractivity contribution is 6.05. The Bertz CT molecular complexity index is 1100. The number of carbonyl (C=O) groups excluding carboxylic acids is 1. The number of hydrogen-bond acceptors (Lipinski definition) is 6. The summed E-state index contributed by atoms with van der Waals surface area (Å²) < 4.78 is 12.3. The predicted octanol–water partition coefficient (Wildman–Crippen LogP) is 4.18. The van der Waals surface area contributed by atoms with Crippen LogP contribution in [0.1, 0.15) is 42.5 Å². The van der Waals surface area contributed by atoms with E-state index in [1.807, 2.05) is 19.2 Å². The molecule has 0 radical (unpaired) electrons. The molecule has 0 fully saturated rings. The molecule has 0 atom stereocenters. The van der Waals surface area contributed by atoms with Crippen LogP contribution in [0.2, 0.25) is 0 Å². The standard InChI is InChI=1S/C23H29N5O3/c1-14-21(26-27-28(14)19-13-16(30-6)9-11-20(19)31-7)22(29)25-18-12-15(23(2,3)4)8-10-17(18)24-5/h8-13,24H,1-7H3,(H,25,29). The number of carbonyl (C=O) groups is 1. The highest BCUT2D eigenvalue weighted by atomic mass is 16.5. The van der Waals surface area contributed by atoms with Crippen LogP contribution in [-0.4, -0.2) is 42.2 Å². The number of hydrogen-bond donors (Lipinski definition) is 2. The first-order valence-electron chi connectivity index (χ1n) is 9.98. The van der Waals surface area contributed by atoms with Crippen molar-refractivity contribution in [3.8, 4) is 17.2 Å². The molecular formula is C23H29N5O3. The van der Waals surface area contributed by atoms with Crippen molar-refractivity contribution in [2.24, 2.45) is 0 Å². The maximum absolute atomic E-state index is 13.1. The molecule has 3 rings (SSSR count). The monoisotopic (exact) mass is 423 g/mol. The minimum absolute atomic E-state index is 0.0479. The van der Waals surface area contributed by atoms with Gasteiger partial charge in [-0.1, -0.05) is 32.1 Å². The third-order valence-corrected chi connectivity index (χ3v) is 5.13. The van der Waals surface area contributed by atoms with Crippen molar-refractivity contribution < 1.29 is 14.3 Å². The largest absolute Gasteiger partial charge is 0.497 e. The third-order valence-electron chi connectivity index (χ3n) is 5.13. The quantitative estimate of drug-likeness (QED) is 0.618. The summed E-state index contributed by atoms with van der Waals surface area (Å²) in [6.07, 6.45) is 0. The summed E-state index contributed by atoms with van der Waals surface area (Å²) in [5.74, 6) is 0.902. The molecule has 0 saturated carbocycles. The molecule has 0 aliphatic heterocycles. The number of nitrogens with one attached hydrogen (secondary N) is 2. The fourth-order valence-electron chi connectivity index (χ4n) is 3.24. The first kappa shape index (κ1) is 22.1. The summed E-state index contributed by atoms with van der Waals surface area (Å²) >= 11 is 0. The number of anilines is 2. The number of amides is 1. The average Bonchev–Trinajstić information content (AvgIpc) is 3.13. The Balaban J connectivity index is 1.97. The Morgan fingerprint density at radius 3 is 2.39 bits per heavy atom. The van der Waals surface area contributed by atoms with Crippen LogP contribution in [0.25, 0.3) is 5.69 Å². The van der Waals surface area contributed by atoms with Gasteiger partial charge in [0.1, 0.15) is 17.2 Å². The van der Waals surface area contributed by atoms with E-state index in [0.717, 1.165) is 11.3 Å². The Morgan fingerprint density at radius 1 is 1.03 bits per heavy atom. The molecule has 0 saturated heterocycles. The van der Waals surface area contributed by atoms with Gasteiger partial charge in [0.2, 0.25) is 0 Å². The van der Waals surface area contributed by atoms with Crippen LogP contribution < -0.4 is 20.1 Å². The molecule has 0 spiro atoms. The van der Waals surface area contributed by atoms with Crippen LogP contribution in [-0.2, 0) is 5.41 Å². The van der Waals surface area contributed by atoms with Crippen molar-refractivity contribution in [3.63, 3.8) is 0 Å². The zero-order chi connectivity index (χ0) is 22.8. The van der Waals surface area contributed by atoms with E-state index in [1.54, 1.807) is 44.0 Å². The van der Waals surface area contributed by atoms with Crippen LogP contribution in [0.5, 0.6) is 11.5 Å². The Hall–Kier alpha value is -3.55. The van der Waals surface area contributed by atoms with Gasteiger partial charge >= 0.3 is 0 Å². The maximum atomic E-state index is 13.1. The van der Waals surface area contributed by atoms with Gasteiger partial charge in [-0.3, -0.25) is 4.79 Å². The lowest BCUT2D eigenvalue weighted by Crippen LogP contribution is -2.17. The highest BCUT2D eigenvalue weighted by Gasteiger charge is 2.22. The molecule has 1 aromatic heterocycles. The third kappa shape index (κ3) is 4.47. The molecule has 164 valence electrons. The molecule has 2 aromatic carbocycles. The van der Waals surface area contributed by atoms with E-state index in [-0.39, 0.29) is 17.0 Å². The Morgan fingerprint density at radius 2 is 1.77 bits per heavy atom. The van der Waals surface area contributed by atoms with Gasteiger partial charge in [-0.05, 0) is 42.2 Å². The molecule has 2 N–H and O–H groups in total. The number of ether oxygens (including phenoxy) is 2. The van der Waals surface area contributed by atoms with Crippen LogP contribution in [0.4, 0.5) is 11.4 Å². The minimum atomic E-state index is -0.340. The molecule has 3 aromatic rings. The van der Waals surface area contributed by atoms with E-state index in [4.69, 9.17) is 9.47 Å². The second-order valence-electron chi connectivity index (χ2n) is 8.19. The van der Waals surface area contributed by atoms with Crippen LogP contribution in [0, 0.1) is 6.92 Å². The molecule has 31 heavy (non-hydrogen) atoms. The molecule has 8 heteroatoms. The van der Waals surface area contributed by atoms with E-state index in [9.17, 15) is 4.79 Å². The minimum Gasteiger partial charge on any atom is -0.497 e. The van der Waals surface area contributed by atoms with E-state index < -0.39 is 0 Å². The van der Waals surface area contributed by atoms with Crippen molar-refractivity contribution in [2.45, 2.75) is 33.1 Å². The Labute approximate surface area is 182 Å². The van der Waals surface area contributed by atoms with Gasteiger partial charge in [-0.15, -0.1) is 5.10 Å².